The van der Waals surface area contributed by atoms with Crippen LogP contribution in [0.2, 0.25) is 0 Å². The highest BCUT2D eigenvalue weighted by Crippen LogP contribution is 2.34. The van der Waals surface area contributed by atoms with Gasteiger partial charge in [-0.2, -0.15) is 0 Å². The van der Waals surface area contributed by atoms with E-state index in [1.54, 1.807) is 36.4 Å². The van der Waals surface area contributed by atoms with E-state index in [0.717, 1.165) is 21.6 Å². The Balaban J connectivity index is 1.41. The number of hydrogen-bond acceptors (Lipinski definition) is 6. The number of rotatable bonds is 6. The molecule has 0 bridgehead atoms. The Labute approximate surface area is 181 Å². The lowest BCUT2D eigenvalue weighted by atomic mass is 10.3. The van der Waals surface area contributed by atoms with Gasteiger partial charge in [-0.15, -0.1) is 0 Å². The molecule has 1 fully saturated rings. The molecule has 3 aromatic rings. The molecule has 0 saturated carbocycles. The second-order valence-corrected chi connectivity index (χ2v) is 8.33. The van der Waals surface area contributed by atoms with Crippen molar-refractivity contribution in [2.24, 2.45) is 0 Å². The van der Waals surface area contributed by atoms with Crippen LogP contribution < -0.4 is 5.32 Å². The van der Waals surface area contributed by atoms with Crippen LogP contribution in [-0.4, -0.2) is 28.5 Å². The van der Waals surface area contributed by atoms with Crippen molar-refractivity contribution in [1.29, 1.82) is 0 Å². The van der Waals surface area contributed by atoms with Gasteiger partial charge in [-0.1, -0.05) is 48.2 Å². The molecule has 150 valence electrons. The van der Waals surface area contributed by atoms with Crippen LogP contribution in [0.3, 0.4) is 0 Å². The van der Waals surface area contributed by atoms with Crippen molar-refractivity contribution in [2.75, 3.05) is 11.9 Å². The zero-order valence-electron chi connectivity index (χ0n) is 15.6. The standard InChI is InChI=1S/C22H16N2O4S2/c25-19(23-15-7-3-1-4-8-15)14-24-21(26)18(30-22(24)27)13-16-11-12-20(28-16)29-17-9-5-2-6-10-17/h1-13H,14H2,(H,23,25)/b18-13-. The van der Waals surface area contributed by atoms with E-state index in [1.165, 1.54) is 17.8 Å². The molecule has 0 unspecified atom stereocenters. The van der Waals surface area contributed by atoms with Gasteiger partial charge in [0.2, 0.25) is 5.91 Å². The fourth-order valence-corrected chi connectivity index (χ4v) is 4.32. The van der Waals surface area contributed by atoms with Crippen LogP contribution in [0.15, 0.2) is 92.1 Å². The summed E-state index contributed by atoms with van der Waals surface area (Å²) in [6.45, 7) is -0.343. The predicted molar refractivity (Wildman–Crippen MR) is 117 cm³/mol. The van der Waals surface area contributed by atoms with E-state index in [4.69, 9.17) is 4.42 Å². The van der Waals surface area contributed by atoms with E-state index < -0.39 is 17.1 Å². The molecule has 30 heavy (non-hydrogen) atoms. The summed E-state index contributed by atoms with van der Waals surface area (Å²) in [5.74, 6) is -0.487. The van der Waals surface area contributed by atoms with Crippen molar-refractivity contribution in [3.63, 3.8) is 0 Å². The molecule has 0 spiro atoms. The maximum absolute atomic E-state index is 12.6. The largest absolute Gasteiger partial charge is 0.450 e. The highest BCUT2D eigenvalue weighted by Gasteiger charge is 2.36. The van der Waals surface area contributed by atoms with Crippen LogP contribution in [0.1, 0.15) is 5.76 Å². The third-order valence-electron chi connectivity index (χ3n) is 4.07. The van der Waals surface area contributed by atoms with Crippen molar-refractivity contribution in [1.82, 2.24) is 4.90 Å². The van der Waals surface area contributed by atoms with Crippen LogP contribution in [0.25, 0.3) is 6.08 Å². The van der Waals surface area contributed by atoms with Crippen molar-refractivity contribution in [3.05, 3.63) is 83.5 Å². The van der Waals surface area contributed by atoms with Crippen LogP contribution in [0, 0.1) is 0 Å². The summed E-state index contributed by atoms with van der Waals surface area (Å²) in [5, 5.41) is 2.85. The number of imide groups is 1. The Kier molecular flexibility index (Phi) is 6.06. The maximum atomic E-state index is 12.6. The minimum atomic E-state index is -0.512. The molecule has 4 rings (SSSR count). The number of nitrogens with one attached hydrogen (secondary N) is 1. The first kappa shape index (κ1) is 20.1. The number of thioether (sulfide) groups is 1. The SMILES string of the molecule is O=C(CN1C(=O)S/C(=C\c2ccc(Sc3ccccc3)o2)C1=O)Nc1ccccc1. The highest BCUT2D eigenvalue weighted by molar-refractivity contribution is 8.18. The Morgan fingerprint density at radius 1 is 1.00 bits per heavy atom. The summed E-state index contributed by atoms with van der Waals surface area (Å²) in [5.41, 5.74) is 0.601. The van der Waals surface area contributed by atoms with Crippen LogP contribution >= 0.6 is 23.5 Å². The van der Waals surface area contributed by atoms with Crippen molar-refractivity contribution in [3.8, 4) is 0 Å². The molecule has 0 atom stereocenters. The molecule has 1 aliphatic rings. The van der Waals surface area contributed by atoms with E-state index in [-0.39, 0.29) is 11.4 Å². The first-order valence-corrected chi connectivity index (χ1v) is 10.6. The Morgan fingerprint density at radius 3 is 2.43 bits per heavy atom. The smallest absolute Gasteiger partial charge is 0.294 e. The average Bonchev–Trinajstić information content (AvgIpc) is 3.29. The summed E-state index contributed by atoms with van der Waals surface area (Å²) in [6, 6.07) is 22.2. The van der Waals surface area contributed by atoms with E-state index >= 15 is 0 Å². The van der Waals surface area contributed by atoms with E-state index in [0.29, 0.717) is 16.5 Å². The summed E-state index contributed by atoms with van der Waals surface area (Å²) in [6.07, 6.45) is 1.52. The number of amides is 3. The molecule has 1 N–H and O–H groups in total. The number of hydrogen-bond donors (Lipinski definition) is 1. The van der Waals surface area contributed by atoms with Crippen molar-refractivity contribution < 1.29 is 18.8 Å². The van der Waals surface area contributed by atoms with Crippen molar-refractivity contribution >= 4 is 52.3 Å². The van der Waals surface area contributed by atoms with Crippen LogP contribution in [0.4, 0.5) is 10.5 Å². The topological polar surface area (TPSA) is 79.6 Å². The second kappa shape index (κ2) is 9.06. The van der Waals surface area contributed by atoms with Gasteiger partial charge >= 0.3 is 0 Å². The van der Waals surface area contributed by atoms with Crippen LogP contribution in [0.5, 0.6) is 0 Å². The van der Waals surface area contributed by atoms with Gasteiger partial charge in [-0.3, -0.25) is 19.3 Å². The fourth-order valence-electron chi connectivity index (χ4n) is 2.70. The Bertz CT molecular complexity index is 1110. The third kappa shape index (κ3) is 4.84. The number of carbonyl (C=O) groups excluding carboxylic acids is 3. The zero-order chi connectivity index (χ0) is 20.9. The van der Waals surface area contributed by atoms with Crippen LogP contribution in [-0.2, 0) is 9.59 Å². The third-order valence-corrected chi connectivity index (χ3v) is 5.91. The van der Waals surface area contributed by atoms with E-state index in [2.05, 4.69) is 5.32 Å². The second-order valence-electron chi connectivity index (χ2n) is 6.25. The summed E-state index contributed by atoms with van der Waals surface area (Å²) >= 11 is 2.25. The highest BCUT2D eigenvalue weighted by atomic mass is 32.2. The molecule has 0 radical (unpaired) electrons. The average molecular weight is 437 g/mol. The van der Waals surface area contributed by atoms with Gasteiger partial charge in [0.15, 0.2) is 5.09 Å². The fraction of sp³-hybridized carbons (Fsp3) is 0.0455. The number of benzene rings is 2. The summed E-state index contributed by atoms with van der Waals surface area (Å²) in [4.78, 5) is 39.2. The van der Waals surface area contributed by atoms with E-state index in [1.807, 2.05) is 36.4 Å². The molecular formula is C22H16N2O4S2. The molecule has 2 heterocycles. The summed E-state index contributed by atoms with van der Waals surface area (Å²) in [7, 11) is 0. The lowest BCUT2D eigenvalue weighted by molar-refractivity contribution is -0.127. The molecular weight excluding hydrogens is 420 g/mol. The van der Waals surface area contributed by atoms with Gasteiger partial charge < -0.3 is 9.73 Å². The van der Waals surface area contributed by atoms with Gasteiger partial charge in [-0.05, 0) is 48.2 Å². The minimum absolute atomic E-state index is 0.220. The monoisotopic (exact) mass is 436 g/mol. The number of furan rings is 1. The molecule has 3 amide bonds. The number of anilines is 1. The molecule has 0 aliphatic carbocycles. The Morgan fingerprint density at radius 2 is 1.70 bits per heavy atom. The molecule has 1 saturated heterocycles. The lowest BCUT2D eigenvalue weighted by Crippen LogP contribution is -2.36. The van der Waals surface area contributed by atoms with E-state index in [9.17, 15) is 14.4 Å². The quantitative estimate of drug-likeness (QED) is 0.541. The molecule has 1 aliphatic heterocycles. The molecule has 8 heteroatoms. The first-order valence-electron chi connectivity index (χ1n) is 9.01. The van der Waals surface area contributed by atoms with Gasteiger partial charge in [0.05, 0.1) is 4.91 Å². The van der Waals surface area contributed by atoms with Gasteiger partial charge in [-0.25, -0.2) is 0 Å². The van der Waals surface area contributed by atoms with Gasteiger partial charge in [0.25, 0.3) is 11.1 Å². The lowest BCUT2D eigenvalue weighted by Gasteiger charge is -2.12. The number of carbonyl (C=O) groups is 3. The molecule has 1 aromatic heterocycles. The minimum Gasteiger partial charge on any atom is -0.450 e. The first-order chi connectivity index (χ1) is 14.6. The molecule has 2 aromatic carbocycles. The molecule has 6 nitrogen and oxygen atoms in total. The number of para-hydroxylation sites is 1. The maximum Gasteiger partial charge on any atom is 0.294 e. The summed E-state index contributed by atoms with van der Waals surface area (Å²) < 4.78 is 5.74. The zero-order valence-corrected chi connectivity index (χ0v) is 17.2. The predicted octanol–water partition coefficient (Wildman–Crippen LogP) is 5.11. The Hall–Kier alpha value is -3.23. The van der Waals surface area contributed by atoms with Gasteiger partial charge in [0, 0.05) is 16.7 Å². The van der Waals surface area contributed by atoms with Gasteiger partial charge in [0.1, 0.15) is 12.3 Å². The van der Waals surface area contributed by atoms with Crippen molar-refractivity contribution in [2.45, 2.75) is 9.99 Å². The number of nitrogens with zero attached hydrogens (tertiary/aromatic N) is 1. The normalized spacial score (nSPS) is 15.1.